The number of ether oxygens (including phenoxy) is 1. The summed E-state index contributed by atoms with van der Waals surface area (Å²) in [5.41, 5.74) is 0.729. The normalized spacial score (nSPS) is 15.8. The van der Waals surface area contributed by atoms with Gasteiger partial charge in [0.2, 0.25) is 0 Å². The van der Waals surface area contributed by atoms with Gasteiger partial charge in [-0.1, -0.05) is 0 Å². The van der Waals surface area contributed by atoms with Gasteiger partial charge in [0.15, 0.2) is 0 Å². The highest BCUT2D eigenvalue weighted by Gasteiger charge is 2.23. The van der Waals surface area contributed by atoms with E-state index >= 15 is 0 Å². The molecule has 0 aliphatic carbocycles. The molecule has 0 N–H and O–H groups in total. The molecule has 22 heavy (non-hydrogen) atoms. The summed E-state index contributed by atoms with van der Waals surface area (Å²) >= 11 is 0. The molecule has 1 aromatic carbocycles. The molecular weight excluding hydrogens is 293 g/mol. The fraction of sp³-hybridized carbons (Fsp3) is 0. The van der Waals surface area contributed by atoms with Crippen LogP contribution >= 0.6 is 0 Å². The maximum absolute atomic E-state index is 12.9. The topological polar surface area (TPSA) is 82.6 Å². The van der Waals surface area contributed by atoms with Crippen LogP contribution in [0.4, 0.5) is 10.3 Å². The Morgan fingerprint density at radius 3 is 2.50 bits per heavy atom. The Morgan fingerprint density at radius 2 is 1.86 bits per heavy atom. The Balaban J connectivity index is 1.90. The van der Waals surface area contributed by atoms with Crippen LogP contribution in [-0.4, -0.2) is 10.9 Å². The molecule has 1 aliphatic heterocycles. The van der Waals surface area contributed by atoms with Crippen LogP contribution in [0.5, 0.6) is 0 Å². The van der Waals surface area contributed by atoms with Gasteiger partial charge in [0.05, 0.1) is 11.6 Å². The third-order valence-corrected chi connectivity index (χ3v) is 2.94. The predicted molar refractivity (Wildman–Crippen MR) is 73.8 cm³/mol. The second-order valence-corrected chi connectivity index (χ2v) is 4.44. The second-order valence-electron chi connectivity index (χ2n) is 4.44. The SMILES string of the molecule is O=C1OC(c2ccc(F)cc2)=C/C1=C/c1ccc([N+](=O)[O-])o1. The van der Waals surface area contributed by atoms with Crippen molar-refractivity contribution in [2.24, 2.45) is 0 Å². The second kappa shape index (κ2) is 5.28. The quantitative estimate of drug-likeness (QED) is 0.376. The number of nitro groups is 1. The molecule has 0 fully saturated rings. The minimum atomic E-state index is -0.672. The molecule has 2 heterocycles. The Labute approximate surface area is 123 Å². The number of hydrogen-bond donors (Lipinski definition) is 0. The predicted octanol–water partition coefficient (Wildman–Crippen LogP) is 3.31. The molecule has 6 nitrogen and oxygen atoms in total. The zero-order valence-corrected chi connectivity index (χ0v) is 11.0. The Morgan fingerprint density at radius 1 is 1.14 bits per heavy atom. The number of hydrogen-bond acceptors (Lipinski definition) is 5. The summed E-state index contributed by atoms with van der Waals surface area (Å²) < 4.78 is 22.9. The molecular formula is C15H8FNO5. The van der Waals surface area contributed by atoms with Crippen molar-refractivity contribution in [1.82, 2.24) is 0 Å². The molecule has 0 bridgehead atoms. The van der Waals surface area contributed by atoms with Crippen LogP contribution in [0.3, 0.4) is 0 Å². The van der Waals surface area contributed by atoms with Crippen LogP contribution in [0, 0.1) is 15.9 Å². The summed E-state index contributed by atoms with van der Waals surface area (Å²) in [7, 11) is 0. The third-order valence-electron chi connectivity index (χ3n) is 2.94. The number of benzene rings is 1. The van der Waals surface area contributed by atoms with E-state index in [1.807, 2.05) is 0 Å². The van der Waals surface area contributed by atoms with Crippen molar-refractivity contribution in [3.63, 3.8) is 0 Å². The molecule has 0 amide bonds. The van der Waals surface area contributed by atoms with Crippen molar-refractivity contribution >= 4 is 23.7 Å². The average Bonchev–Trinajstić information content (AvgIpc) is 3.08. The molecule has 7 heteroatoms. The molecule has 110 valence electrons. The summed E-state index contributed by atoms with van der Waals surface area (Å²) in [5, 5.41) is 10.5. The summed E-state index contributed by atoms with van der Waals surface area (Å²) in [6, 6.07) is 8.03. The van der Waals surface area contributed by atoms with Gasteiger partial charge in [-0.15, -0.1) is 0 Å². The molecule has 0 saturated carbocycles. The lowest BCUT2D eigenvalue weighted by Crippen LogP contribution is -1.97. The van der Waals surface area contributed by atoms with Crippen LogP contribution < -0.4 is 0 Å². The number of rotatable bonds is 3. The highest BCUT2D eigenvalue weighted by molar-refractivity contribution is 6.04. The molecule has 1 aliphatic rings. The zero-order chi connectivity index (χ0) is 15.7. The van der Waals surface area contributed by atoms with E-state index < -0.39 is 22.6 Å². The molecule has 1 aromatic heterocycles. The maximum Gasteiger partial charge on any atom is 0.433 e. The van der Waals surface area contributed by atoms with Crippen LogP contribution in [0.25, 0.3) is 11.8 Å². The van der Waals surface area contributed by atoms with Gasteiger partial charge in [-0.05, 0) is 42.5 Å². The molecule has 0 spiro atoms. The van der Waals surface area contributed by atoms with Crippen molar-refractivity contribution in [2.45, 2.75) is 0 Å². The Bertz CT molecular complexity index is 817. The van der Waals surface area contributed by atoms with Crippen LogP contribution in [-0.2, 0) is 9.53 Å². The largest absolute Gasteiger partial charge is 0.433 e. The van der Waals surface area contributed by atoms with Crippen molar-refractivity contribution in [2.75, 3.05) is 0 Å². The van der Waals surface area contributed by atoms with E-state index in [2.05, 4.69) is 0 Å². The van der Waals surface area contributed by atoms with E-state index in [-0.39, 0.29) is 17.1 Å². The van der Waals surface area contributed by atoms with Crippen molar-refractivity contribution < 1.29 is 23.3 Å². The molecule has 3 rings (SSSR count). The van der Waals surface area contributed by atoms with Gasteiger partial charge in [-0.25, -0.2) is 9.18 Å². The van der Waals surface area contributed by atoms with E-state index in [9.17, 15) is 19.3 Å². The van der Waals surface area contributed by atoms with E-state index in [0.717, 1.165) is 0 Å². The van der Waals surface area contributed by atoms with Gasteiger partial charge in [-0.3, -0.25) is 10.1 Å². The van der Waals surface area contributed by atoms with Crippen LogP contribution in [0.1, 0.15) is 11.3 Å². The van der Waals surface area contributed by atoms with Gasteiger partial charge in [-0.2, -0.15) is 0 Å². The minimum Gasteiger partial charge on any atom is -0.422 e. The van der Waals surface area contributed by atoms with E-state index in [4.69, 9.17) is 9.15 Å². The number of cyclic esters (lactones) is 1. The fourth-order valence-corrected chi connectivity index (χ4v) is 1.92. The number of carbonyl (C=O) groups is 1. The number of nitrogens with zero attached hydrogens (tertiary/aromatic N) is 1. The Kier molecular flexibility index (Phi) is 3.30. The lowest BCUT2D eigenvalue weighted by Gasteiger charge is -2.00. The van der Waals surface area contributed by atoms with Gasteiger partial charge in [0.1, 0.15) is 22.3 Å². The lowest BCUT2D eigenvalue weighted by atomic mass is 10.1. The number of furan rings is 1. The first kappa shape index (κ1) is 13.7. The third kappa shape index (κ3) is 2.64. The first-order valence-corrected chi connectivity index (χ1v) is 6.19. The van der Waals surface area contributed by atoms with Gasteiger partial charge >= 0.3 is 11.9 Å². The first-order chi connectivity index (χ1) is 10.5. The molecule has 0 radical (unpaired) electrons. The lowest BCUT2D eigenvalue weighted by molar-refractivity contribution is -0.402. The molecule has 0 atom stereocenters. The fourth-order valence-electron chi connectivity index (χ4n) is 1.92. The summed E-state index contributed by atoms with van der Waals surface area (Å²) in [6.07, 6.45) is 2.80. The highest BCUT2D eigenvalue weighted by atomic mass is 19.1. The number of esters is 1. The van der Waals surface area contributed by atoms with Gasteiger partial charge < -0.3 is 9.15 Å². The number of carbonyl (C=O) groups excluding carboxylic acids is 1. The maximum atomic E-state index is 12.9. The standard InChI is InChI=1S/C15H8FNO5/c16-11-3-1-9(2-4-11)13-8-10(15(18)22-13)7-12-5-6-14(21-12)17(19)20/h1-8H/b10-7-. The van der Waals surface area contributed by atoms with E-state index in [1.54, 1.807) is 0 Å². The first-order valence-electron chi connectivity index (χ1n) is 6.19. The average molecular weight is 301 g/mol. The summed E-state index contributed by atoms with van der Waals surface area (Å²) in [5.74, 6) is -0.987. The van der Waals surface area contributed by atoms with Gasteiger partial charge in [0.25, 0.3) is 0 Å². The van der Waals surface area contributed by atoms with E-state index in [0.29, 0.717) is 5.56 Å². The van der Waals surface area contributed by atoms with Crippen molar-refractivity contribution in [3.8, 4) is 0 Å². The zero-order valence-electron chi connectivity index (χ0n) is 11.0. The monoisotopic (exact) mass is 301 g/mol. The number of halogens is 1. The van der Waals surface area contributed by atoms with E-state index in [1.165, 1.54) is 48.6 Å². The minimum absolute atomic E-state index is 0.162. The molecule has 2 aromatic rings. The summed E-state index contributed by atoms with van der Waals surface area (Å²) in [6.45, 7) is 0. The van der Waals surface area contributed by atoms with Crippen molar-refractivity contribution in [1.29, 1.82) is 0 Å². The van der Waals surface area contributed by atoms with Crippen LogP contribution in [0.2, 0.25) is 0 Å². The summed E-state index contributed by atoms with van der Waals surface area (Å²) in [4.78, 5) is 21.6. The van der Waals surface area contributed by atoms with Crippen molar-refractivity contribution in [3.05, 3.63) is 75.3 Å². The van der Waals surface area contributed by atoms with Gasteiger partial charge in [0, 0.05) is 5.56 Å². The highest BCUT2D eigenvalue weighted by Crippen LogP contribution is 2.28. The molecule has 0 saturated heterocycles. The smallest absolute Gasteiger partial charge is 0.422 e. The molecule has 0 unspecified atom stereocenters. The van der Waals surface area contributed by atoms with Crippen LogP contribution in [0.15, 0.2) is 52.5 Å². The Hall–Kier alpha value is -3.22.